The van der Waals surface area contributed by atoms with E-state index in [1.165, 1.54) is 0 Å². The molecule has 0 N–H and O–H groups in total. The van der Waals surface area contributed by atoms with Gasteiger partial charge in [-0.15, -0.1) is 0 Å². The van der Waals surface area contributed by atoms with E-state index in [0.29, 0.717) is 5.75 Å². The van der Waals surface area contributed by atoms with Crippen molar-refractivity contribution in [3.63, 3.8) is 0 Å². The number of thiol groups is 1. The van der Waals surface area contributed by atoms with E-state index in [-0.39, 0.29) is 6.42 Å². The molecule has 0 saturated heterocycles. The molecule has 0 aliphatic carbocycles. The van der Waals surface area contributed by atoms with E-state index in [4.69, 9.17) is 23.5 Å². The van der Waals surface area contributed by atoms with Gasteiger partial charge in [0.2, 0.25) is 5.92 Å². The second-order valence-electron chi connectivity index (χ2n) is 2.46. The van der Waals surface area contributed by atoms with Gasteiger partial charge >= 0.3 is 0 Å². The maximum Gasteiger partial charge on any atom is 0.231 e. The van der Waals surface area contributed by atoms with E-state index >= 15 is 0 Å². The van der Waals surface area contributed by atoms with Gasteiger partial charge in [0.25, 0.3) is 0 Å². The lowest BCUT2D eigenvalue weighted by Crippen LogP contribution is -2.36. The molecule has 0 aliphatic rings. The molecule has 6 heteroatoms. The molecule has 0 heterocycles. The summed E-state index contributed by atoms with van der Waals surface area (Å²) in [6, 6.07) is 0. The van der Waals surface area contributed by atoms with Crippen LogP contribution in [0.5, 0.6) is 0 Å². The van der Waals surface area contributed by atoms with Crippen molar-refractivity contribution >= 4 is 36.2 Å². The summed E-state index contributed by atoms with van der Waals surface area (Å²) in [5.41, 5.74) is 0. The summed E-state index contributed by atoms with van der Waals surface area (Å²) in [7, 11) is 14.5. The third kappa shape index (κ3) is 3.54. The van der Waals surface area contributed by atoms with Gasteiger partial charge in [-0.1, -0.05) is 5.11 Å². The van der Waals surface area contributed by atoms with E-state index < -0.39 is 17.5 Å². The maximum atomic E-state index is 12.7. The lowest BCUT2D eigenvalue weighted by molar-refractivity contribution is -0.00701. The van der Waals surface area contributed by atoms with Gasteiger partial charge < -0.3 is 0 Å². The molecule has 0 atom stereocenters. The Morgan fingerprint density at radius 2 is 1.64 bits per heavy atom. The molecule has 0 unspecified atom stereocenters. The fourth-order valence-electron chi connectivity index (χ4n) is 0.518. The number of hydrogen-bond donors (Lipinski definition) is 1. The van der Waals surface area contributed by atoms with Crippen LogP contribution in [-0.4, -0.2) is 35.2 Å². The first-order valence-electron chi connectivity index (χ1n) is 3.16. The summed E-state index contributed by atoms with van der Waals surface area (Å²) in [5.74, 6) is -2.86. The molecule has 0 saturated carbocycles. The molecule has 11 heavy (non-hydrogen) atoms. The van der Waals surface area contributed by atoms with Gasteiger partial charge in [-0.3, -0.25) is 0 Å². The smallest absolute Gasteiger partial charge is 0.209 e. The highest BCUT2D eigenvalue weighted by molar-refractivity contribution is 7.80. The van der Waals surface area contributed by atoms with Crippen LogP contribution in [-0.2, 0) is 0 Å². The second kappa shape index (κ2) is 3.88. The molecule has 0 aromatic heterocycles. The SMILES string of the molecule is [B]C([B])([B])C(F)(F)CCCS. The van der Waals surface area contributed by atoms with Crippen LogP contribution >= 0.6 is 12.6 Å². The normalized spacial score (nSPS) is 13.4. The molecule has 0 amide bonds. The van der Waals surface area contributed by atoms with E-state index in [1.807, 2.05) is 0 Å². The van der Waals surface area contributed by atoms with Crippen molar-refractivity contribution in [2.45, 2.75) is 23.9 Å². The predicted octanol–water partition coefficient (Wildman–Crippen LogP) is 0.911. The van der Waals surface area contributed by atoms with E-state index in [0.717, 1.165) is 0 Å². The van der Waals surface area contributed by atoms with Crippen LogP contribution in [0, 0.1) is 0 Å². The Bertz CT molecular complexity index is 123. The van der Waals surface area contributed by atoms with E-state index in [9.17, 15) is 8.78 Å². The molecular formula is C5H7B3F2S. The molecule has 0 fully saturated rings. The minimum Gasteiger partial charge on any atom is -0.209 e. The van der Waals surface area contributed by atoms with Gasteiger partial charge in [-0.2, -0.15) is 12.6 Å². The average molecular weight is 170 g/mol. The Kier molecular flexibility index (Phi) is 4.02. The van der Waals surface area contributed by atoms with Gasteiger partial charge in [0.15, 0.2) is 0 Å². The zero-order valence-corrected chi connectivity index (χ0v) is 6.95. The first-order chi connectivity index (χ1) is 4.81. The monoisotopic (exact) mass is 170 g/mol. The van der Waals surface area contributed by atoms with Gasteiger partial charge in [-0.25, -0.2) is 8.78 Å². The fourth-order valence-corrected chi connectivity index (χ4v) is 0.676. The highest BCUT2D eigenvalue weighted by Gasteiger charge is 2.39. The van der Waals surface area contributed by atoms with Crippen molar-refractivity contribution in [2.24, 2.45) is 0 Å². The van der Waals surface area contributed by atoms with E-state index in [2.05, 4.69) is 12.6 Å². The fraction of sp³-hybridized carbons (Fsp3) is 1.00. The largest absolute Gasteiger partial charge is 0.231 e. The Balaban J connectivity index is 4.00. The van der Waals surface area contributed by atoms with Crippen LogP contribution in [0.4, 0.5) is 8.78 Å². The van der Waals surface area contributed by atoms with Crippen molar-refractivity contribution in [2.75, 3.05) is 5.75 Å². The summed E-state index contributed by atoms with van der Waals surface area (Å²) in [6.45, 7) is 0. The van der Waals surface area contributed by atoms with Crippen molar-refractivity contribution in [3.8, 4) is 0 Å². The van der Waals surface area contributed by atoms with Crippen molar-refractivity contribution in [3.05, 3.63) is 0 Å². The van der Waals surface area contributed by atoms with Gasteiger partial charge in [0.1, 0.15) is 0 Å². The molecular weight excluding hydrogens is 163 g/mol. The standard InChI is InChI=1S/C5H7B3F2S/c6-5(7,8)4(9,10)2-1-3-11/h11H,1-3H2. The lowest BCUT2D eigenvalue weighted by Gasteiger charge is -2.31. The molecule has 0 spiro atoms. The van der Waals surface area contributed by atoms with Gasteiger partial charge in [0, 0.05) is 6.42 Å². The molecule has 56 valence electrons. The Morgan fingerprint density at radius 3 is 1.91 bits per heavy atom. The number of halogens is 2. The van der Waals surface area contributed by atoms with Crippen LogP contribution in [0.3, 0.4) is 0 Å². The summed E-state index contributed by atoms with van der Waals surface area (Å²) in [4.78, 5) is 0. The van der Waals surface area contributed by atoms with Crippen LogP contribution in [0.2, 0.25) is 5.11 Å². The average Bonchev–Trinajstić information content (AvgIpc) is 1.81. The Morgan fingerprint density at radius 1 is 1.18 bits per heavy atom. The molecule has 0 rings (SSSR count). The quantitative estimate of drug-likeness (QED) is 0.470. The number of alkyl halides is 2. The molecule has 0 aliphatic heterocycles. The minimum atomic E-state index is -3.23. The molecule has 0 nitrogen and oxygen atoms in total. The first kappa shape index (κ1) is 11.4. The summed E-state index contributed by atoms with van der Waals surface area (Å²) >= 11 is 3.77. The van der Waals surface area contributed by atoms with Crippen molar-refractivity contribution in [1.29, 1.82) is 0 Å². The van der Waals surface area contributed by atoms with Crippen molar-refractivity contribution in [1.82, 2.24) is 0 Å². The van der Waals surface area contributed by atoms with Crippen LogP contribution in [0.15, 0.2) is 0 Å². The molecule has 6 radical (unpaired) electrons. The highest BCUT2D eigenvalue weighted by Crippen LogP contribution is 2.37. The zero-order chi connectivity index (χ0) is 9.12. The predicted molar refractivity (Wildman–Crippen MR) is 48.0 cm³/mol. The minimum absolute atomic E-state index is 0.240. The van der Waals surface area contributed by atoms with Crippen LogP contribution < -0.4 is 0 Å². The van der Waals surface area contributed by atoms with E-state index in [1.54, 1.807) is 0 Å². The number of hydrogen-bond acceptors (Lipinski definition) is 1. The second-order valence-corrected chi connectivity index (χ2v) is 2.91. The topological polar surface area (TPSA) is 0 Å². The number of rotatable bonds is 4. The van der Waals surface area contributed by atoms with Gasteiger partial charge in [-0.05, 0) is 12.2 Å². The third-order valence-corrected chi connectivity index (χ3v) is 1.60. The van der Waals surface area contributed by atoms with Crippen molar-refractivity contribution < 1.29 is 8.78 Å². The summed E-state index contributed by atoms with van der Waals surface area (Å²) < 4.78 is 25.4. The first-order valence-corrected chi connectivity index (χ1v) is 3.80. The Hall–Kier alpha value is 0.405. The summed E-state index contributed by atoms with van der Waals surface area (Å²) in [6.07, 6.45) is -0.191. The van der Waals surface area contributed by atoms with Crippen LogP contribution in [0.1, 0.15) is 12.8 Å². The highest BCUT2D eigenvalue weighted by atomic mass is 32.1. The lowest BCUT2D eigenvalue weighted by atomic mass is 9.39. The Labute approximate surface area is 75.1 Å². The molecule has 0 aromatic rings. The molecule has 0 aromatic carbocycles. The van der Waals surface area contributed by atoms with Crippen LogP contribution in [0.25, 0.3) is 0 Å². The van der Waals surface area contributed by atoms with Gasteiger partial charge in [0.05, 0.1) is 23.5 Å². The zero-order valence-electron chi connectivity index (χ0n) is 6.06. The molecule has 0 bridgehead atoms. The third-order valence-electron chi connectivity index (χ3n) is 1.28. The maximum absolute atomic E-state index is 12.7. The summed E-state index contributed by atoms with van der Waals surface area (Å²) in [5, 5.41) is -2.42.